The highest BCUT2D eigenvalue weighted by molar-refractivity contribution is 5.98. The summed E-state index contributed by atoms with van der Waals surface area (Å²) in [6.45, 7) is 0. The van der Waals surface area contributed by atoms with Crippen LogP contribution in [0.1, 0.15) is 39.5 Å². The van der Waals surface area contributed by atoms with Gasteiger partial charge in [0.25, 0.3) is 0 Å². The molecule has 1 aromatic heterocycles. The Hall–Kier alpha value is -3.29. The standard InChI is InChI=1S/C21H15F4N3O/c22-15-4-6-16(7-5-15)27-20-26-11-17-18(28-20)9-13(10-19(17)29)12-2-1-3-14(8-12)21(23,24)25/h1-8,11,13H,9-10H2,(H,26,27,28). The van der Waals surface area contributed by atoms with Crippen molar-refractivity contribution in [3.05, 3.63) is 82.9 Å². The number of alkyl halides is 3. The van der Waals surface area contributed by atoms with Crippen LogP contribution < -0.4 is 5.32 Å². The highest BCUT2D eigenvalue weighted by Gasteiger charge is 2.33. The van der Waals surface area contributed by atoms with Crippen molar-refractivity contribution < 1.29 is 22.4 Å². The summed E-state index contributed by atoms with van der Waals surface area (Å²) in [7, 11) is 0. The van der Waals surface area contributed by atoms with Gasteiger partial charge in [0.05, 0.1) is 16.8 Å². The molecule has 0 saturated heterocycles. The van der Waals surface area contributed by atoms with Crippen LogP contribution in [0.5, 0.6) is 0 Å². The van der Waals surface area contributed by atoms with Gasteiger partial charge < -0.3 is 5.32 Å². The molecule has 1 aliphatic rings. The monoisotopic (exact) mass is 401 g/mol. The molecule has 1 N–H and O–H groups in total. The van der Waals surface area contributed by atoms with Crippen LogP contribution in [0.3, 0.4) is 0 Å². The molecule has 0 amide bonds. The zero-order valence-electron chi connectivity index (χ0n) is 15.0. The molecule has 4 nitrogen and oxygen atoms in total. The number of aromatic nitrogens is 2. The van der Waals surface area contributed by atoms with Gasteiger partial charge in [-0.1, -0.05) is 18.2 Å². The van der Waals surface area contributed by atoms with Crippen molar-refractivity contribution >= 4 is 17.4 Å². The first-order chi connectivity index (χ1) is 13.8. The van der Waals surface area contributed by atoms with Gasteiger partial charge in [-0.2, -0.15) is 13.2 Å². The third kappa shape index (κ3) is 4.11. The van der Waals surface area contributed by atoms with Crippen LogP contribution in [-0.2, 0) is 12.6 Å². The van der Waals surface area contributed by atoms with E-state index in [-0.39, 0.29) is 24.0 Å². The number of hydrogen-bond acceptors (Lipinski definition) is 4. The first kappa shape index (κ1) is 19.0. The molecule has 2 aromatic carbocycles. The van der Waals surface area contributed by atoms with Crippen molar-refractivity contribution in [1.82, 2.24) is 9.97 Å². The maximum atomic E-state index is 13.0. The van der Waals surface area contributed by atoms with Crippen molar-refractivity contribution in [3.8, 4) is 0 Å². The average molecular weight is 401 g/mol. The fraction of sp³-hybridized carbons (Fsp3) is 0.190. The number of rotatable bonds is 3. The molecule has 3 aromatic rings. The number of fused-ring (bicyclic) bond motifs is 1. The van der Waals surface area contributed by atoms with Gasteiger partial charge in [-0.05, 0) is 48.2 Å². The minimum atomic E-state index is -4.44. The third-order valence-corrected chi connectivity index (χ3v) is 4.83. The number of hydrogen-bond donors (Lipinski definition) is 1. The molecule has 148 valence electrons. The largest absolute Gasteiger partial charge is 0.416 e. The zero-order chi connectivity index (χ0) is 20.6. The van der Waals surface area contributed by atoms with Gasteiger partial charge in [-0.15, -0.1) is 0 Å². The summed E-state index contributed by atoms with van der Waals surface area (Å²) in [6.07, 6.45) is -2.61. The molecule has 0 bridgehead atoms. The van der Waals surface area contributed by atoms with Crippen LogP contribution >= 0.6 is 0 Å². The van der Waals surface area contributed by atoms with Gasteiger partial charge in [0.2, 0.25) is 5.95 Å². The Morgan fingerprint density at radius 1 is 1.03 bits per heavy atom. The predicted octanol–water partition coefficient (Wildman–Crippen LogP) is 5.29. The van der Waals surface area contributed by atoms with E-state index in [0.717, 1.165) is 12.1 Å². The number of nitrogens with zero attached hydrogens (tertiary/aromatic N) is 2. The van der Waals surface area contributed by atoms with E-state index >= 15 is 0 Å². The summed E-state index contributed by atoms with van der Waals surface area (Å²) >= 11 is 0. The molecule has 8 heteroatoms. The predicted molar refractivity (Wildman–Crippen MR) is 98.6 cm³/mol. The Balaban J connectivity index is 1.61. The maximum absolute atomic E-state index is 13.0. The normalized spacial score (nSPS) is 16.4. The van der Waals surface area contributed by atoms with E-state index in [1.54, 1.807) is 6.07 Å². The third-order valence-electron chi connectivity index (χ3n) is 4.83. The van der Waals surface area contributed by atoms with E-state index in [2.05, 4.69) is 15.3 Å². The lowest BCUT2D eigenvalue weighted by Gasteiger charge is -2.24. The van der Waals surface area contributed by atoms with E-state index in [1.165, 1.54) is 36.5 Å². The minimum absolute atomic E-state index is 0.0996. The van der Waals surface area contributed by atoms with Gasteiger partial charge >= 0.3 is 6.18 Å². The molecule has 0 spiro atoms. The minimum Gasteiger partial charge on any atom is -0.324 e. The molecule has 1 heterocycles. The molecule has 0 saturated carbocycles. The fourth-order valence-electron chi connectivity index (χ4n) is 3.37. The summed E-state index contributed by atoms with van der Waals surface area (Å²) < 4.78 is 52.1. The second-order valence-electron chi connectivity index (χ2n) is 6.84. The zero-order valence-corrected chi connectivity index (χ0v) is 15.0. The van der Waals surface area contributed by atoms with E-state index in [0.29, 0.717) is 28.9 Å². The smallest absolute Gasteiger partial charge is 0.324 e. The van der Waals surface area contributed by atoms with E-state index in [4.69, 9.17) is 0 Å². The van der Waals surface area contributed by atoms with Gasteiger partial charge in [0.15, 0.2) is 5.78 Å². The van der Waals surface area contributed by atoms with Crippen molar-refractivity contribution in [2.24, 2.45) is 0 Å². The van der Waals surface area contributed by atoms with Crippen LogP contribution in [0.15, 0.2) is 54.7 Å². The molecular weight excluding hydrogens is 386 g/mol. The number of benzene rings is 2. The molecule has 0 aliphatic heterocycles. The Morgan fingerprint density at radius 3 is 2.52 bits per heavy atom. The number of carbonyl (C=O) groups excluding carboxylic acids is 1. The number of carbonyl (C=O) groups is 1. The summed E-state index contributed by atoms with van der Waals surface area (Å²) in [5.74, 6) is -0.753. The highest BCUT2D eigenvalue weighted by atomic mass is 19.4. The quantitative estimate of drug-likeness (QED) is 0.606. The summed E-state index contributed by atoms with van der Waals surface area (Å²) in [4.78, 5) is 21.0. The van der Waals surface area contributed by atoms with Crippen LogP contribution in [0, 0.1) is 5.82 Å². The second-order valence-corrected chi connectivity index (χ2v) is 6.84. The molecule has 4 rings (SSSR count). The van der Waals surface area contributed by atoms with Crippen LogP contribution in [-0.4, -0.2) is 15.8 Å². The molecule has 29 heavy (non-hydrogen) atoms. The van der Waals surface area contributed by atoms with Crippen molar-refractivity contribution in [3.63, 3.8) is 0 Å². The molecule has 0 fully saturated rings. The van der Waals surface area contributed by atoms with E-state index < -0.39 is 17.7 Å². The van der Waals surface area contributed by atoms with E-state index in [9.17, 15) is 22.4 Å². The Morgan fingerprint density at radius 2 is 1.79 bits per heavy atom. The lowest BCUT2D eigenvalue weighted by atomic mass is 9.82. The molecule has 0 radical (unpaired) electrons. The highest BCUT2D eigenvalue weighted by Crippen LogP contribution is 2.35. The van der Waals surface area contributed by atoms with Crippen LogP contribution in [0.2, 0.25) is 0 Å². The van der Waals surface area contributed by atoms with E-state index in [1.807, 2.05) is 0 Å². The van der Waals surface area contributed by atoms with Gasteiger partial charge in [-0.25, -0.2) is 14.4 Å². The Labute approximate surface area is 163 Å². The number of halogens is 4. The molecule has 1 atom stereocenters. The summed E-state index contributed by atoms with van der Waals surface area (Å²) in [5, 5.41) is 2.93. The number of Topliss-reactive ketones (excluding diaryl/α,β-unsaturated/α-hetero) is 1. The molecular formula is C21H15F4N3O. The van der Waals surface area contributed by atoms with Crippen LogP contribution in [0.4, 0.5) is 29.2 Å². The van der Waals surface area contributed by atoms with Crippen molar-refractivity contribution in [2.75, 3.05) is 5.32 Å². The van der Waals surface area contributed by atoms with Gasteiger partial charge in [0.1, 0.15) is 5.82 Å². The average Bonchev–Trinajstić information content (AvgIpc) is 2.69. The Kier molecular flexibility index (Phi) is 4.77. The number of anilines is 2. The molecule has 1 aliphatic carbocycles. The maximum Gasteiger partial charge on any atom is 0.416 e. The topological polar surface area (TPSA) is 54.9 Å². The lowest BCUT2D eigenvalue weighted by Crippen LogP contribution is -2.21. The lowest BCUT2D eigenvalue weighted by molar-refractivity contribution is -0.137. The van der Waals surface area contributed by atoms with Gasteiger partial charge in [-0.3, -0.25) is 4.79 Å². The SMILES string of the molecule is O=C1CC(c2cccc(C(F)(F)F)c2)Cc2nc(Nc3ccc(F)cc3)ncc21. The fourth-order valence-corrected chi connectivity index (χ4v) is 3.37. The first-order valence-electron chi connectivity index (χ1n) is 8.88. The van der Waals surface area contributed by atoms with Gasteiger partial charge in [0, 0.05) is 18.3 Å². The number of ketones is 1. The second kappa shape index (κ2) is 7.27. The first-order valence-corrected chi connectivity index (χ1v) is 8.88. The van der Waals surface area contributed by atoms with Crippen molar-refractivity contribution in [2.45, 2.75) is 24.9 Å². The van der Waals surface area contributed by atoms with Crippen LogP contribution in [0.25, 0.3) is 0 Å². The number of nitrogens with one attached hydrogen (secondary N) is 1. The summed E-state index contributed by atoms with van der Waals surface area (Å²) in [5.41, 5.74) is 1.13. The molecule has 1 unspecified atom stereocenters. The Bertz CT molecular complexity index is 1060. The van der Waals surface area contributed by atoms with Crippen molar-refractivity contribution in [1.29, 1.82) is 0 Å². The summed E-state index contributed by atoms with van der Waals surface area (Å²) in [6, 6.07) is 10.7.